The monoisotopic (exact) mass is 680 g/mol. The van der Waals surface area contributed by atoms with E-state index in [4.69, 9.17) is 9.47 Å². The Morgan fingerprint density at radius 2 is 1.40 bits per heavy atom. The van der Waals surface area contributed by atoms with Crippen molar-refractivity contribution in [2.24, 2.45) is 5.10 Å². The van der Waals surface area contributed by atoms with Crippen LogP contribution in [-0.2, 0) is 21.0 Å². The summed E-state index contributed by atoms with van der Waals surface area (Å²) >= 11 is 0. The van der Waals surface area contributed by atoms with Gasteiger partial charge in [-0.15, -0.1) is 4.74 Å². The van der Waals surface area contributed by atoms with E-state index >= 15 is 0 Å². The van der Waals surface area contributed by atoms with Gasteiger partial charge in [0.25, 0.3) is 5.91 Å². The molecule has 1 fully saturated rings. The van der Waals surface area contributed by atoms with Crippen LogP contribution in [0.5, 0.6) is 0 Å². The van der Waals surface area contributed by atoms with Gasteiger partial charge in [0, 0.05) is 18.0 Å². The van der Waals surface area contributed by atoms with E-state index in [0.29, 0.717) is 17.3 Å². The minimum Gasteiger partial charge on any atom is -0.353 e. The van der Waals surface area contributed by atoms with Crippen molar-refractivity contribution < 1.29 is 19.1 Å². The maximum Gasteiger partial charge on any atom is 0.312 e. The molecule has 1 saturated heterocycles. The second kappa shape index (κ2) is 18.7. The first-order valence-corrected chi connectivity index (χ1v) is 17.8. The lowest BCUT2D eigenvalue weighted by molar-refractivity contribution is -0.133. The number of nitrogens with zero attached hydrogens (tertiary/aromatic N) is 5. The predicted molar refractivity (Wildman–Crippen MR) is 194 cm³/mol. The van der Waals surface area contributed by atoms with Gasteiger partial charge in [0.05, 0.1) is 19.3 Å². The molecule has 6 rings (SSSR count). The first-order valence-electron chi connectivity index (χ1n) is 17.8. The summed E-state index contributed by atoms with van der Waals surface area (Å²) in [5, 5.41) is 14.1. The number of nitrogens with one attached hydrogen (secondary N) is 1. The first-order chi connectivity index (χ1) is 24.5. The highest BCUT2D eigenvalue weighted by Crippen LogP contribution is 2.28. The van der Waals surface area contributed by atoms with Gasteiger partial charge in [-0.05, 0) is 29.3 Å². The Morgan fingerprint density at radius 1 is 0.820 bits per heavy atom. The molecule has 50 heavy (non-hydrogen) atoms. The molecule has 11 nitrogen and oxygen atoms in total. The Balaban J connectivity index is 0.000000256. The summed E-state index contributed by atoms with van der Waals surface area (Å²) in [5.74, 6) is -0.0110. The molecular formula is C39H48N6O5. The smallest absolute Gasteiger partial charge is 0.312 e. The molecule has 0 aliphatic carbocycles. The average Bonchev–Trinajstić information content (AvgIpc) is 3.66. The highest BCUT2D eigenvalue weighted by atomic mass is 16.7. The molecule has 264 valence electrons. The Bertz CT molecular complexity index is 1720. The lowest BCUT2D eigenvalue weighted by atomic mass is 9.98. The Morgan fingerprint density at radius 3 is 2.00 bits per heavy atom. The molecule has 4 aromatic rings. The summed E-state index contributed by atoms with van der Waals surface area (Å²) in [5.41, 5.74) is 1.68. The molecule has 11 heteroatoms. The molecule has 0 spiro atoms. The van der Waals surface area contributed by atoms with E-state index < -0.39 is 17.5 Å². The van der Waals surface area contributed by atoms with E-state index in [9.17, 15) is 14.4 Å². The molecule has 2 aliphatic rings. The Hall–Kier alpha value is -5.03. The number of hydrogen-bond donors (Lipinski definition) is 1. The Kier molecular flexibility index (Phi) is 13.5. The molecule has 0 radical (unpaired) electrons. The molecule has 0 bridgehead atoms. The zero-order valence-electron chi connectivity index (χ0n) is 29.1. The number of carbonyl (C=O) groups is 2. The van der Waals surface area contributed by atoms with Crippen LogP contribution in [0.4, 0.5) is 5.69 Å². The fourth-order valence-corrected chi connectivity index (χ4v) is 6.11. The molecule has 0 saturated carbocycles. The van der Waals surface area contributed by atoms with Crippen LogP contribution >= 0.6 is 0 Å². The van der Waals surface area contributed by atoms with Crippen LogP contribution in [0.25, 0.3) is 11.3 Å². The number of hydrazone groups is 1. The number of β-lactam (4-membered cyclic amide) rings is 1. The normalized spacial score (nSPS) is 16.7. The minimum atomic E-state index is -1.19. The topological polar surface area (TPSA) is 122 Å². The quantitative estimate of drug-likeness (QED) is 0.0751. The van der Waals surface area contributed by atoms with Gasteiger partial charge < -0.3 is 5.32 Å². The van der Waals surface area contributed by atoms with E-state index in [1.807, 2.05) is 66.7 Å². The minimum absolute atomic E-state index is 0.109. The summed E-state index contributed by atoms with van der Waals surface area (Å²) in [6.45, 7) is 2.49. The van der Waals surface area contributed by atoms with E-state index in [1.54, 1.807) is 24.3 Å². The molecule has 2 atom stereocenters. The molecule has 1 aromatic heterocycles. The number of aromatic nitrogens is 2. The standard InChI is InChI=1S/C25H21N5O4.C14H27NO/c1-33-29(20-15-9-4-10-16-20)23-22(25(32)28(26-23)17-18-11-5-2-6-12-18)30-24(31)21(27-34-30)19-13-7-3-8-14-19;1-2-3-4-5-6-7-8-9-10-11-13-12-14(16)15-13/h2-16,22H,17H2,1H3;13H,2-12H2,1H3,(H,15,16). The van der Waals surface area contributed by atoms with Gasteiger partial charge in [-0.3, -0.25) is 23.9 Å². The lowest BCUT2D eigenvalue weighted by Crippen LogP contribution is -2.48. The van der Waals surface area contributed by atoms with Crippen molar-refractivity contribution in [3.63, 3.8) is 0 Å². The van der Waals surface area contributed by atoms with Crippen molar-refractivity contribution in [3.05, 3.63) is 107 Å². The number of amidine groups is 1. The van der Waals surface area contributed by atoms with E-state index in [1.165, 1.54) is 81.4 Å². The number of amides is 2. The predicted octanol–water partition coefficient (Wildman–Crippen LogP) is 7.26. The second-order valence-electron chi connectivity index (χ2n) is 12.7. The number of hydrogen-bond acceptors (Lipinski definition) is 8. The van der Waals surface area contributed by atoms with Gasteiger partial charge >= 0.3 is 5.56 Å². The van der Waals surface area contributed by atoms with Crippen LogP contribution in [0.2, 0.25) is 0 Å². The molecule has 3 aromatic carbocycles. The van der Waals surface area contributed by atoms with Crippen LogP contribution < -0.4 is 15.9 Å². The molecule has 2 unspecified atom stereocenters. The molecule has 2 amide bonds. The maximum atomic E-state index is 13.6. The SMILES string of the molecule is CCCCCCCCCCCC1CC(=O)N1.CON(C1=NN(Cc2ccccc2)C(=O)C1n1onc(-c2ccccc2)c1=O)c1ccccc1. The summed E-state index contributed by atoms with van der Waals surface area (Å²) in [6, 6.07) is 26.9. The summed E-state index contributed by atoms with van der Waals surface area (Å²) in [4.78, 5) is 43.1. The van der Waals surface area contributed by atoms with Crippen molar-refractivity contribution in [3.8, 4) is 11.3 Å². The largest absolute Gasteiger partial charge is 0.353 e. The average molecular weight is 681 g/mol. The summed E-state index contributed by atoms with van der Waals surface area (Å²) < 4.78 is 6.36. The second-order valence-corrected chi connectivity index (χ2v) is 12.7. The van der Waals surface area contributed by atoms with E-state index in [-0.39, 0.29) is 24.0 Å². The van der Waals surface area contributed by atoms with E-state index in [0.717, 1.165) is 16.7 Å². The van der Waals surface area contributed by atoms with Crippen LogP contribution in [-0.4, -0.2) is 45.7 Å². The Labute approximate surface area is 293 Å². The summed E-state index contributed by atoms with van der Waals surface area (Å²) in [7, 11) is 1.47. The number of rotatable bonds is 16. The van der Waals surface area contributed by atoms with Gasteiger partial charge in [-0.2, -0.15) is 5.10 Å². The number of hydroxylamine groups is 1. The van der Waals surface area contributed by atoms with Crippen LogP contribution in [0.3, 0.4) is 0 Å². The molecule has 2 aliphatic heterocycles. The number of carbonyl (C=O) groups excluding carboxylic acids is 2. The number of benzene rings is 3. The van der Waals surface area contributed by atoms with Crippen LogP contribution in [0.1, 0.15) is 89.2 Å². The first kappa shape index (κ1) is 36.3. The zero-order valence-corrected chi connectivity index (χ0v) is 29.1. The van der Waals surface area contributed by atoms with Gasteiger partial charge in [0.1, 0.15) is 0 Å². The fourth-order valence-electron chi connectivity index (χ4n) is 6.11. The fraction of sp³-hybridized carbons (Fsp3) is 0.410. The van der Waals surface area contributed by atoms with Crippen molar-refractivity contribution in [1.82, 2.24) is 20.2 Å². The van der Waals surface area contributed by atoms with Crippen molar-refractivity contribution >= 4 is 23.3 Å². The van der Waals surface area contributed by atoms with E-state index in [2.05, 4.69) is 22.5 Å². The van der Waals surface area contributed by atoms with Crippen LogP contribution in [0.15, 0.2) is 106 Å². The highest BCUT2D eigenvalue weighted by Gasteiger charge is 2.44. The number of anilines is 1. The van der Waals surface area contributed by atoms with Gasteiger partial charge in [-0.25, -0.2) is 10.1 Å². The molecule has 3 heterocycles. The van der Waals surface area contributed by atoms with Crippen molar-refractivity contribution in [2.45, 2.75) is 96.2 Å². The zero-order chi connectivity index (χ0) is 35.1. The lowest BCUT2D eigenvalue weighted by Gasteiger charge is -2.26. The van der Waals surface area contributed by atoms with Gasteiger partial charge in [0.2, 0.25) is 11.9 Å². The van der Waals surface area contributed by atoms with Gasteiger partial charge in [0.15, 0.2) is 11.5 Å². The molecular weight excluding hydrogens is 632 g/mol. The van der Waals surface area contributed by atoms with Crippen LogP contribution in [0, 0.1) is 0 Å². The maximum absolute atomic E-state index is 13.6. The third-order valence-corrected chi connectivity index (χ3v) is 8.87. The number of para-hydroxylation sites is 1. The van der Waals surface area contributed by atoms with Crippen molar-refractivity contribution in [2.75, 3.05) is 12.2 Å². The third kappa shape index (κ3) is 9.56. The third-order valence-electron chi connectivity index (χ3n) is 8.87. The van der Waals surface area contributed by atoms with Gasteiger partial charge in [-0.1, -0.05) is 144 Å². The number of unbranched alkanes of at least 4 members (excludes halogenated alkanes) is 8. The summed E-state index contributed by atoms with van der Waals surface area (Å²) in [6.07, 6.45) is 14.4. The van der Waals surface area contributed by atoms with Crippen molar-refractivity contribution in [1.29, 1.82) is 0 Å². The highest BCUT2D eigenvalue weighted by molar-refractivity contribution is 6.14. The molecule has 1 N–H and O–H groups in total.